The third-order valence-electron chi connectivity index (χ3n) is 3.34. The molecule has 1 N–H and O–H groups in total. The minimum Gasteiger partial charge on any atom is -0.390 e. The second kappa shape index (κ2) is 6.62. The number of aliphatic hydroxyl groups is 1. The Labute approximate surface area is 127 Å². The van der Waals surface area contributed by atoms with E-state index in [9.17, 15) is 15.2 Å². The van der Waals surface area contributed by atoms with E-state index in [-0.39, 0.29) is 12.2 Å². The zero-order valence-electron chi connectivity index (χ0n) is 12.7. The highest BCUT2D eigenvalue weighted by Gasteiger charge is 2.15. The number of hydrogen-bond donors (Lipinski definition) is 1. The molecule has 22 heavy (non-hydrogen) atoms. The van der Waals surface area contributed by atoms with Gasteiger partial charge in [0.2, 0.25) is 0 Å². The highest BCUT2D eigenvalue weighted by molar-refractivity contribution is 5.20. The summed E-state index contributed by atoms with van der Waals surface area (Å²) in [4.78, 5) is 12.0. The fourth-order valence-electron chi connectivity index (χ4n) is 2.07. The molecular formula is C12H19N7O3. The number of aliphatic hydroxyl groups excluding tert-OH is 1. The lowest BCUT2D eigenvalue weighted by atomic mass is 10.3. The van der Waals surface area contributed by atoms with Crippen molar-refractivity contribution in [2.24, 2.45) is 7.05 Å². The van der Waals surface area contributed by atoms with Gasteiger partial charge in [0.15, 0.2) is 0 Å². The lowest BCUT2D eigenvalue weighted by Gasteiger charge is -2.19. The molecule has 10 heteroatoms. The Bertz CT molecular complexity index is 651. The van der Waals surface area contributed by atoms with Gasteiger partial charge >= 0.3 is 5.69 Å². The molecule has 0 aliphatic carbocycles. The van der Waals surface area contributed by atoms with Crippen molar-refractivity contribution < 1.29 is 10.0 Å². The van der Waals surface area contributed by atoms with Crippen LogP contribution in [0.2, 0.25) is 0 Å². The van der Waals surface area contributed by atoms with E-state index in [0.717, 1.165) is 11.6 Å². The molecule has 10 nitrogen and oxygen atoms in total. The molecule has 2 heterocycles. The molecule has 0 aliphatic rings. The number of aromatic nitrogens is 5. The fourth-order valence-corrected chi connectivity index (χ4v) is 2.07. The lowest BCUT2D eigenvalue weighted by molar-refractivity contribution is -0.385. The number of likely N-dealkylation sites (N-methyl/N-ethyl adjacent to an activating group) is 1. The molecule has 0 spiro atoms. The van der Waals surface area contributed by atoms with Gasteiger partial charge in [-0.2, -0.15) is 5.10 Å². The smallest absolute Gasteiger partial charge is 0.306 e. The molecule has 0 saturated heterocycles. The van der Waals surface area contributed by atoms with Crippen molar-refractivity contribution in [2.45, 2.75) is 26.1 Å². The van der Waals surface area contributed by atoms with Crippen molar-refractivity contribution in [3.8, 4) is 0 Å². The van der Waals surface area contributed by atoms with Gasteiger partial charge in [-0.15, -0.1) is 10.2 Å². The van der Waals surface area contributed by atoms with E-state index in [4.69, 9.17) is 0 Å². The zero-order valence-corrected chi connectivity index (χ0v) is 12.7. The Hall–Kier alpha value is -2.33. The predicted molar refractivity (Wildman–Crippen MR) is 77.0 cm³/mol. The molecule has 0 aromatic carbocycles. The van der Waals surface area contributed by atoms with E-state index >= 15 is 0 Å². The molecule has 1 atom stereocenters. The van der Waals surface area contributed by atoms with Gasteiger partial charge in [-0.25, -0.2) is 0 Å². The summed E-state index contributed by atoms with van der Waals surface area (Å²) >= 11 is 0. The number of nitrogens with zero attached hydrogens (tertiary/aromatic N) is 7. The number of hydrogen-bond acceptors (Lipinski definition) is 7. The first-order valence-corrected chi connectivity index (χ1v) is 6.75. The summed E-state index contributed by atoms with van der Waals surface area (Å²) in [5.74, 6) is 1.63. The van der Waals surface area contributed by atoms with Gasteiger partial charge < -0.3 is 9.67 Å². The van der Waals surface area contributed by atoms with E-state index in [1.807, 2.05) is 30.5 Å². The maximum absolute atomic E-state index is 10.6. The van der Waals surface area contributed by atoms with Crippen LogP contribution in [0.25, 0.3) is 0 Å². The zero-order chi connectivity index (χ0) is 16.3. The molecule has 2 aromatic rings. The summed E-state index contributed by atoms with van der Waals surface area (Å²) in [7, 11) is 3.75. The Balaban J connectivity index is 1.86. The average Bonchev–Trinajstić information content (AvgIpc) is 3.01. The van der Waals surface area contributed by atoms with E-state index < -0.39 is 11.0 Å². The molecule has 0 aliphatic heterocycles. The largest absolute Gasteiger partial charge is 0.390 e. The summed E-state index contributed by atoms with van der Waals surface area (Å²) in [5, 5.41) is 32.5. The molecule has 0 radical (unpaired) electrons. The SMILES string of the molecule is Cc1nnc(CN(C)CC(O)Cn2cc([N+](=O)[O-])cn2)n1C. The summed E-state index contributed by atoms with van der Waals surface area (Å²) in [6.07, 6.45) is 1.77. The molecule has 120 valence electrons. The minimum atomic E-state index is -0.696. The van der Waals surface area contributed by atoms with Crippen molar-refractivity contribution in [3.63, 3.8) is 0 Å². The molecule has 2 rings (SSSR count). The molecule has 2 aromatic heterocycles. The van der Waals surface area contributed by atoms with E-state index in [1.165, 1.54) is 17.1 Å². The lowest BCUT2D eigenvalue weighted by Crippen LogP contribution is -2.32. The van der Waals surface area contributed by atoms with Gasteiger partial charge in [-0.05, 0) is 14.0 Å². The topological polar surface area (TPSA) is 115 Å². The standard InChI is InChI=1S/C12H19N7O3/c1-9-14-15-12(17(9)3)8-16(2)6-11(20)7-18-5-10(4-13-18)19(21)22/h4-5,11,20H,6-8H2,1-3H3. The van der Waals surface area contributed by atoms with Crippen LogP contribution < -0.4 is 0 Å². The number of rotatable bonds is 7. The van der Waals surface area contributed by atoms with Crippen LogP contribution in [0, 0.1) is 17.0 Å². The third kappa shape index (κ3) is 3.86. The van der Waals surface area contributed by atoms with Crippen molar-refractivity contribution in [1.82, 2.24) is 29.4 Å². The van der Waals surface area contributed by atoms with Crippen molar-refractivity contribution in [1.29, 1.82) is 0 Å². The summed E-state index contributed by atoms with van der Waals surface area (Å²) in [5.41, 5.74) is -0.0879. The Morgan fingerprint density at radius 2 is 2.23 bits per heavy atom. The Morgan fingerprint density at radius 3 is 2.77 bits per heavy atom. The highest BCUT2D eigenvalue weighted by atomic mass is 16.6. The number of aryl methyl sites for hydroxylation is 1. The van der Waals surface area contributed by atoms with Crippen LogP contribution in [0.5, 0.6) is 0 Å². The van der Waals surface area contributed by atoms with E-state index in [2.05, 4.69) is 15.3 Å². The van der Waals surface area contributed by atoms with Crippen molar-refractivity contribution >= 4 is 5.69 Å². The normalized spacial score (nSPS) is 12.8. The second-order valence-corrected chi connectivity index (χ2v) is 5.25. The summed E-state index contributed by atoms with van der Waals surface area (Å²) in [6, 6.07) is 0. The van der Waals surface area contributed by atoms with Gasteiger partial charge in [-0.1, -0.05) is 0 Å². The third-order valence-corrected chi connectivity index (χ3v) is 3.34. The van der Waals surface area contributed by atoms with Gasteiger partial charge in [0.05, 0.1) is 24.1 Å². The monoisotopic (exact) mass is 309 g/mol. The second-order valence-electron chi connectivity index (χ2n) is 5.25. The van der Waals surface area contributed by atoms with Crippen LogP contribution in [0.15, 0.2) is 12.4 Å². The first-order valence-electron chi connectivity index (χ1n) is 6.75. The van der Waals surface area contributed by atoms with E-state index in [0.29, 0.717) is 13.1 Å². The van der Waals surface area contributed by atoms with Crippen LogP contribution in [0.1, 0.15) is 11.6 Å². The summed E-state index contributed by atoms with van der Waals surface area (Å²) in [6.45, 7) is 3.00. The minimum absolute atomic E-state index is 0.0879. The average molecular weight is 309 g/mol. The quantitative estimate of drug-likeness (QED) is 0.552. The molecule has 0 amide bonds. The van der Waals surface area contributed by atoms with Crippen molar-refractivity contribution in [3.05, 3.63) is 34.2 Å². The van der Waals surface area contributed by atoms with Crippen LogP contribution in [0.3, 0.4) is 0 Å². The van der Waals surface area contributed by atoms with Gasteiger partial charge in [-0.3, -0.25) is 19.7 Å². The first kappa shape index (κ1) is 16.0. The van der Waals surface area contributed by atoms with Crippen LogP contribution in [-0.4, -0.2) is 59.2 Å². The molecule has 0 fully saturated rings. The maximum atomic E-state index is 10.6. The van der Waals surface area contributed by atoms with Gasteiger partial charge in [0.25, 0.3) is 0 Å². The van der Waals surface area contributed by atoms with Crippen LogP contribution in [0.4, 0.5) is 5.69 Å². The van der Waals surface area contributed by atoms with E-state index in [1.54, 1.807) is 0 Å². The van der Waals surface area contributed by atoms with Crippen molar-refractivity contribution in [2.75, 3.05) is 13.6 Å². The highest BCUT2D eigenvalue weighted by Crippen LogP contribution is 2.09. The molecule has 0 saturated carbocycles. The molecular weight excluding hydrogens is 290 g/mol. The molecule has 0 bridgehead atoms. The van der Waals surface area contributed by atoms with Gasteiger partial charge in [0.1, 0.15) is 24.0 Å². The fraction of sp³-hybridized carbons (Fsp3) is 0.583. The first-order chi connectivity index (χ1) is 10.4. The summed E-state index contributed by atoms with van der Waals surface area (Å²) < 4.78 is 3.25. The van der Waals surface area contributed by atoms with Crippen LogP contribution in [-0.2, 0) is 20.1 Å². The number of nitro groups is 1. The predicted octanol–water partition coefficient (Wildman–Crippen LogP) is -0.279. The van der Waals surface area contributed by atoms with Gasteiger partial charge in [0, 0.05) is 13.6 Å². The Kier molecular flexibility index (Phi) is 4.83. The molecule has 1 unspecified atom stereocenters. The van der Waals surface area contributed by atoms with Crippen LogP contribution >= 0.6 is 0 Å². The Morgan fingerprint density at radius 1 is 1.50 bits per heavy atom. The maximum Gasteiger partial charge on any atom is 0.306 e.